The van der Waals surface area contributed by atoms with Crippen molar-refractivity contribution in [3.8, 4) is 0 Å². The van der Waals surface area contributed by atoms with Crippen LogP contribution >= 0.6 is 0 Å². The van der Waals surface area contributed by atoms with Crippen molar-refractivity contribution in [2.24, 2.45) is 5.92 Å². The molecule has 0 heterocycles. The molecular weight excluding hydrogens is 264 g/mol. The van der Waals surface area contributed by atoms with Gasteiger partial charge < -0.3 is 10.2 Å². The molecular formula is C17H26N2O2. The summed E-state index contributed by atoms with van der Waals surface area (Å²) in [5, 5.41) is 2.87. The average Bonchev–Trinajstić information content (AvgIpc) is 2.42. The number of amides is 2. The molecule has 0 aliphatic carbocycles. The maximum absolute atomic E-state index is 11.7. The van der Waals surface area contributed by atoms with Gasteiger partial charge in [-0.15, -0.1) is 0 Å². The van der Waals surface area contributed by atoms with Gasteiger partial charge in [0, 0.05) is 33.0 Å². The van der Waals surface area contributed by atoms with Gasteiger partial charge in [0.25, 0.3) is 0 Å². The lowest BCUT2D eigenvalue weighted by atomic mass is 10.1. The van der Waals surface area contributed by atoms with Crippen LogP contribution in [0.1, 0.15) is 38.3 Å². The molecule has 0 atom stereocenters. The van der Waals surface area contributed by atoms with E-state index in [4.69, 9.17) is 0 Å². The summed E-state index contributed by atoms with van der Waals surface area (Å²) >= 11 is 0. The Labute approximate surface area is 127 Å². The van der Waals surface area contributed by atoms with E-state index >= 15 is 0 Å². The quantitative estimate of drug-likeness (QED) is 0.839. The average molecular weight is 290 g/mol. The van der Waals surface area contributed by atoms with E-state index in [0.29, 0.717) is 32.0 Å². The topological polar surface area (TPSA) is 49.4 Å². The minimum atomic E-state index is -0.00719. The molecule has 0 spiro atoms. The van der Waals surface area contributed by atoms with E-state index in [9.17, 15) is 9.59 Å². The van der Waals surface area contributed by atoms with Crippen LogP contribution in [0.15, 0.2) is 24.3 Å². The molecule has 1 aromatic carbocycles. The van der Waals surface area contributed by atoms with Crippen molar-refractivity contribution in [2.75, 3.05) is 13.1 Å². The van der Waals surface area contributed by atoms with E-state index in [1.165, 1.54) is 5.56 Å². The van der Waals surface area contributed by atoms with E-state index < -0.39 is 0 Å². The maximum Gasteiger partial charge on any atom is 0.221 e. The van der Waals surface area contributed by atoms with Gasteiger partial charge in [0.15, 0.2) is 0 Å². The summed E-state index contributed by atoms with van der Waals surface area (Å²) in [5.41, 5.74) is 2.28. The number of carbonyl (C=O) groups is 2. The Hall–Kier alpha value is -1.84. The lowest BCUT2D eigenvalue weighted by Crippen LogP contribution is -2.34. The third kappa shape index (κ3) is 6.93. The summed E-state index contributed by atoms with van der Waals surface area (Å²) in [4.78, 5) is 25.1. The molecule has 0 saturated carbocycles. The largest absolute Gasteiger partial charge is 0.356 e. The summed E-state index contributed by atoms with van der Waals surface area (Å²) < 4.78 is 0. The highest BCUT2D eigenvalue weighted by Crippen LogP contribution is 2.08. The van der Waals surface area contributed by atoms with Gasteiger partial charge >= 0.3 is 0 Å². The molecule has 0 fully saturated rings. The van der Waals surface area contributed by atoms with Crippen molar-refractivity contribution < 1.29 is 9.59 Å². The summed E-state index contributed by atoms with van der Waals surface area (Å²) in [6.07, 6.45) is 0.345. The van der Waals surface area contributed by atoms with Crippen LogP contribution < -0.4 is 5.32 Å². The highest BCUT2D eigenvalue weighted by molar-refractivity contribution is 5.78. The molecule has 0 unspecified atom stereocenters. The van der Waals surface area contributed by atoms with E-state index in [1.54, 1.807) is 11.8 Å². The van der Waals surface area contributed by atoms with Crippen LogP contribution in [0, 0.1) is 12.8 Å². The Morgan fingerprint density at radius 3 is 2.33 bits per heavy atom. The Bertz CT molecular complexity index is 466. The molecule has 1 N–H and O–H groups in total. The van der Waals surface area contributed by atoms with Crippen molar-refractivity contribution in [3.05, 3.63) is 35.4 Å². The predicted octanol–water partition coefficient (Wildman–Crippen LogP) is 2.51. The summed E-state index contributed by atoms with van der Waals surface area (Å²) in [7, 11) is 0. The number of nitrogens with one attached hydrogen (secondary N) is 1. The van der Waals surface area contributed by atoms with Gasteiger partial charge in [-0.3, -0.25) is 9.59 Å². The molecule has 4 heteroatoms. The lowest BCUT2D eigenvalue weighted by molar-refractivity contribution is -0.130. The second-order valence-electron chi connectivity index (χ2n) is 5.87. The number of nitrogens with zero attached hydrogens (tertiary/aromatic N) is 1. The van der Waals surface area contributed by atoms with Gasteiger partial charge in [-0.25, -0.2) is 0 Å². The third-order valence-electron chi connectivity index (χ3n) is 3.26. The molecule has 0 radical (unpaired) electrons. The third-order valence-corrected chi connectivity index (χ3v) is 3.26. The van der Waals surface area contributed by atoms with Crippen molar-refractivity contribution in [1.82, 2.24) is 10.2 Å². The van der Waals surface area contributed by atoms with Gasteiger partial charge in [0.1, 0.15) is 0 Å². The number of benzene rings is 1. The zero-order chi connectivity index (χ0) is 15.8. The monoisotopic (exact) mass is 290 g/mol. The van der Waals surface area contributed by atoms with Crippen molar-refractivity contribution >= 4 is 11.8 Å². The second-order valence-corrected chi connectivity index (χ2v) is 5.87. The minimum Gasteiger partial charge on any atom is -0.356 e. The smallest absolute Gasteiger partial charge is 0.221 e. The lowest BCUT2D eigenvalue weighted by Gasteiger charge is -2.21. The van der Waals surface area contributed by atoms with E-state index in [0.717, 1.165) is 5.56 Å². The number of rotatable bonds is 7. The van der Waals surface area contributed by atoms with Gasteiger partial charge in [-0.2, -0.15) is 0 Å². The first-order chi connectivity index (χ1) is 9.88. The molecule has 0 saturated heterocycles. The number of aryl methyl sites for hydroxylation is 1. The predicted molar refractivity (Wildman–Crippen MR) is 84.7 cm³/mol. The first-order valence-electron chi connectivity index (χ1n) is 7.46. The van der Waals surface area contributed by atoms with Crippen molar-refractivity contribution in [1.29, 1.82) is 0 Å². The highest BCUT2D eigenvalue weighted by Gasteiger charge is 2.12. The highest BCUT2D eigenvalue weighted by atomic mass is 16.2. The molecule has 0 aromatic heterocycles. The summed E-state index contributed by atoms with van der Waals surface area (Å²) in [6, 6.07) is 8.10. The van der Waals surface area contributed by atoms with Gasteiger partial charge in [-0.1, -0.05) is 43.7 Å². The molecule has 1 rings (SSSR count). The normalized spacial score (nSPS) is 10.5. The fourth-order valence-electron chi connectivity index (χ4n) is 1.90. The maximum atomic E-state index is 11.7. The van der Waals surface area contributed by atoms with E-state index in [1.807, 2.05) is 31.2 Å². The van der Waals surface area contributed by atoms with Crippen LogP contribution in [0.2, 0.25) is 0 Å². The summed E-state index contributed by atoms with van der Waals surface area (Å²) in [5.74, 6) is 0.427. The Morgan fingerprint density at radius 1 is 1.19 bits per heavy atom. The SMILES string of the molecule is CC(=O)N(CCC(=O)NCC(C)C)Cc1ccc(C)cc1. The van der Waals surface area contributed by atoms with Crippen LogP contribution in [0.4, 0.5) is 0 Å². The molecule has 1 aromatic rings. The number of carbonyl (C=O) groups excluding carboxylic acids is 2. The second kappa shape index (κ2) is 8.45. The first kappa shape index (κ1) is 17.2. The molecule has 0 aliphatic rings. The van der Waals surface area contributed by atoms with Crippen LogP contribution in [0.25, 0.3) is 0 Å². The van der Waals surface area contributed by atoms with E-state index in [-0.39, 0.29) is 11.8 Å². The van der Waals surface area contributed by atoms with Crippen LogP contribution in [0.3, 0.4) is 0 Å². The van der Waals surface area contributed by atoms with Gasteiger partial charge in [0.05, 0.1) is 0 Å². The Morgan fingerprint density at radius 2 is 1.81 bits per heavy atom. The van der Waals surface area contributed by atoms with Crippen LogP contribution in [-0.4, -0.2) is 29.8 Å². The number of hydrogen-bond donors (Lipinski definition) is 1. The summed E-state index contributed by atoms with van der Waals surface area (Å²) in [6.45, 7) is 9.36. The fourth-order valence-corrected chi connectivity index (χ4v) is 1.90. The molecule has 0 aliphatic heterocycles. The molecule has 0 bridgehead atoms. The molecule has 2 amide bonds. The van der Waals surface area contributed by atoms with Gasteiger partial charge in [-0.05, 0) is 18.4 Å². The molecule has 4 nitrogen and oxygen atoms in total. The van der Waals surface area contributed by atoms with Crippen LogP contribution in [0.5, 0.6) is 0 Å². The first-order valence-corrected chi connectivity index (χ1v) is 7.46. The van der Waals surface area contributed by atoms with Gasteiger partial charge in [0.2, 0.25) is 11.8 Å². The minimum absolute atomic E-state index is 0.00106. The molecule has 21 heavy (non-hydrogen) atoms. The fraction of sp³-hybridized carbons (Fsp3) is 0.529. The van der Waals surface area contributed by atoms with Crippen molar-refractivity contribution in [2.45, 2.75) is 40.7 Å². The zero-order valence-corrected chi connectivity index (χ0v) is 13.5. The number of hydrogen-bond acceptors (Lipinski definition) is 2. The van der Waals surface area contributed by atoms with Crippen molar-refractivity contribution in [3.63, 3.8) is 0 Å². The van der Waals surface area contributed by atoms with E-state index in [2.05, 4.69) is 19.2 Å². The Kier molecular flexibility index (Phi) is 6.92. The zero-order valence-electron chi connectivity index (χ0n) is 13.5. The molecule has 116 valence electrons. The standard InChI is InChI=1S/C17H26N2O2/c1-13(2)11-18-17(21)9-10-19(15(4)20)12-16-7-5-14(3)6-8-16/h5-8,13H,9-12H2,1-4H3,(H,18,21). The Balaban J connectivity index is 2.48. The van der Waals surface area contributed by atoms with Crippen LogP contribution in [-0.2, 0) is 16.1 Å².